The normalized spacial score (nSPS) is 13.1. The van der Waals surface area contributed by atoms with Crippen LogP contribution < -0.4 is 5.32 Å². The van der Waals surface area contributed by atoms with E-state index in [0.29, 0.717) is 18.1 Å². The second kappa shape index (κ2) is 15.2. The molecule has 0 aromatic carbocycles. The van der Waals surface area contributed by atoms with Crippen LogP contribution in [-0.4, -0.2) is 34.0 Å². The summed E-state index contributed by atoms with van der Waals surface area (Å²) in [6.07, 6.45) is 6.26. The Morgan fingerprint density at radius 2 is 1.81 bits per heavy atom. The maximum Gasteiger partial charge on any atom is 2.00 e. The number of nitrogens with one attached hydrogen (secondary N) is 1. The van der Waals surface area contributed by atoms with Crippen molar-refractivity contribution in [3.63, 3.8) is 0 Å². The molecule has 0 fully saturated rings. The van der Waals surface area contributed by atoms with Gasteiger partial charge in [-0.25, -0.2) is 4.79 Å². The van der Waals surface area contributed by atoms with E-state index in [-0.39, 0.29) is 25.4 Å². The van der Waals surface area contributed by atoms with Crippen molar-refractivity contribution in [3.05, 3.63) is 0 Å². The number of thiol groups is 2. The average Bonchev–Trinajstić information content (AvgIpc) is 2.39. The Labute approximate surface area is 151 Å². The monoisotopic (exact) mass is 385 g/mol. The first-order valence-electron chi connectivity index (χ1n) is 7.32. The van der Waals surface area contributed by atoms with E-state index < -0.39 is 12.0 Å². The molecule has 1 unspecified atom stereocenters. The van der Waals surface area contributed by atoms with Gasteiger partial charge in [-0.15, -0.1) is 0 Å². The van der Waals surface area contributed by atoms with E-state index >= 15 is 0 Å². The van der Waals surface area contributed by atoms with Gasteiger partial charge < -0.3 is 10.4 Å². The molecule has 0 aromatic rings. The molecule has 2 atom stereocenters. The van der Waals surface area contributed by atoms with Gasteiger partial charge in [0.2, 0.25) is 5.91 Å². The summed E-state index contributed by atoms with van der Waals surface area (Å²) in [5.41, 5.74) is 0. The van der Waals surface area contributed by atoms with Crippen molar-refractivity contribution >= 4 is 37.1 Å². The van der Waals surface area contributed by atoms with E-state index in [4.69, 9.17) is 5.11 Å². The molecule has 0 aliphatic heterocycles. The number of carbonyl (C=O) groups excluding carboxylic acids is 1. The first kappa shape index (κ1) is 23.5. The Kier molecular flexibility index (Phi) is 17.0. The topological polar surface area (TPSA) is 66.4 Å². The molecule has 0 rings (SSSR count). The summed E-state index contributed by atoms with van der Waals surface area (Å²) in [6.45, 7) is 2.00. The SMILES string of the molecule is CCCC[C@H](NC(=O)CCCCC(S)CCS)C(=O)O.[Zn+2]. The molecule has 1 amide bonds. The van der Waals surface area contributed by atoms with E-state index in [9.17, 15) is 9.59 Å². The zero-order valence-corrected chi connectivity index (χ0v) is 17.6. The summed E-state index contributed by atoms with van der Waals surface area (Å²) >= 11 is 8.58. The smallest absolute Gasteiger partial charge is 0.480 e. The van der Waals surface area contributed by atoms with Gasteiger partial charge in [-0.05, 0) is 31.4 Å². The van der Waals surface area contributed by atoms with Crippen molar-refractivity contribution in [1.82, 2.24) is 5.32 Å². The maximum atomic E-state index is 11.7. The molecule has 21 heavy (non-hydrogen) atoms. The van der Waals surface area contributed by atoms with E-state index in [1.165, 1.54) is 0 Å². The van der Waals surface area contributed by atoms with Crippen LogP contribution in [0, 0.1) is 0 Å². The molecule has 2 N–H and O–H groups in total. The van der Waals surface area contributed by atoms with Gasteiger partial charge in [-0.3, -0.25) is 4.79 Å². The van der Waals surface area contributed by atoms with Crippen molar-refractivity contribution in [1.29, 1.82) is 0 Å². The predicted octanol–water partition coefficient (Wildman–Crippen LogP) is 2.92. The first-order valence-corrected chi connectivity index (χ1v) is 8.47. The Hall–Kier alpha value is 0.263. The summed E-state index contributed by atoms with van der Waals surface area (Å²) < 4.78 is 0. The second-order valence-electron chi connectivity index (χ2n) is 5.01. The van der Waals surface area contributed by atoms with Gasteiger partial charge in [0.05, 0.1) is 0 Å². The van der Waals surface area contributed by atoms with Gasteiger partial charge in [0.15, 0.2) is 0 Å². The molecule has 4 nitrogen and oxygen atoms in total. The molecule has 0 heterocycles. The third-order valence-electron chi connectivity index (χ3n) is 3.13. The minimum Gasteiger partial charge on any atom is -0.480 e. The fourth-order valence-corrected chi connectivity index (χ4v) is 2.72. The molecule has 0 spiro atoms. The number of carboxylic acids is 1. The summed E-state index contributed by atoms with van der Waals surface area (Å²) in [5, 5.41) is 12.0. The third-order valence-corrected chi connectivity index (χ3v) is 3.91. The summed E-state index contributed by atoms with van der Waals surface area (Å²) in [7, 11) is 0. The van der Waals surface area contributed by atoms with Crippen LogP contribution in [0.3, 0.4) is 0 Å². The Morgan fingerprint density at radius 3 is 2.33 bits per heavy atom. The van der Waals surface area contributed by atoms with Crippen LogP contribution in [0.25, 0.3) is 0 Å². The number of aliphatic carboxylic acids is 1. The molecule has 0 aliphatic carbocycles. The molecule has 0 saturated heterocycles. The van der Waals surface area contributed by atoms with Gasteiger partial charge in [0.25, 0.3) is 0 Å². The van der Waals surface area contributed by atoms with Crippen LogP contribution in [0.1, 0.15) is 58.3 Å². The summed E-state index contributed by atoms with van der Waals surface area (Å²) in [4.78, 5) is 22.7. The maximum absolute atomic E-state index is 11.7. The zero-order valence-electron chi connectivity index (χ0n) is 12.9. The fourth-order valence-electron chi connectivity index (χ4n) is 1.89. The standard InChI is InChI=1S/C14H27NO3S2.Zn/c1-2-3-7-12(14(17)18)15-13(16)8-5-4-6-11(20)9-10-19;/h11-12,19-20H,2-10H2,1H3,(H,15,16)(H,17,18);/q;+2/t11?,12-;/m0./s1. The van der Waals surface area contributed by atoms with Crippen LogP contribution in [0.5, 0.6) is 0 Å². The van der Waals surface area contributed by atoms with Crippen molar-refractivity contribution in [2.45, 2.75) is 69.6 Å². The van der Waals surface area contributed by atoms with Crippen LogP contribution in [0.4, 0.5) is 0 Å². The quantitative estimate of drug-likeness (QED) is 0.237. The summed E-state index contributed by atoms with van der Waals surface area (Å²) in [6, 6.07) is -0.746. The van der Waals surface area contributed by atoms with E-state index in [1.807, 2.05) is 6.92 Å². The molecule has 0 aromatic heterocycles. The molecule has 0 aliphatic rings. The van der Waals surface area contributed by atoms with Crippen molar-refractivity contribution in [3.8, 4) is 0 Å². The molecular weight excluding hydrogens is 360 g/mol. The van der Waals surface area contributed by atoms with Crippen molar-refractivity contribution in [2.24, 2.45) is 0 Å². The van der Waals surface area contributed by atoms with E-state index in [2.05, 4.69) is 30.6 Å². The first-order chi connectivity index (χ1) is 9.51. The Bertz CT molecular complexity index is 293. The number of hydrogen-bond donors (Lipinski definition) is 4. The van der Waals surface area contributed by atoms with Gasteiger partial charge in [-0.2, -0.15) is 25.3 Å². The minimum atomic E-state index is -0.948. The number of rotatable bonds is 12. The number of unbranched alkanes of at least 4 members (excludes halogenated alkanes) is 2. The molecule has 118 valence electrons. The molecular formula is C14H27NO3S2Zn+2. The molecule has 7 heteroatoms. The minimum absolute atomic E-state index is 0. The fraction of sp³-hybridized carbons (Fsp3) is 0.857. The largest absolute Gasteiger partial charge is 2.00 e. The Balaban J connectivity index is 0. The second-order valence-corrected chi connectivity index (χ2v) is 6.19. The zero-order chi connectivity index (χ0) is 15.4. The van der Waals surface area contributed by atoms with Crippen molar-refractivity contribution < 1.29 is 34.2 Å². The van der Waals surface area contributed by atoms with Crippen LogP contribution >= 0.6 is 25.3 Å². The van der Waals surface area contributed by atoms with Crippen LogP contribution in [0.2, 0.25) is 0 Å². The summed E-state index contributed by atoms with van der Waals surface area (Å²) in [5.74, 6) is -0.291. The number of carbonyl (C=O) groups is 2. The number of carboxylic acid groups (broad SMARTS) is 1. The molecule has 0 radical (unpaired) electrons. The number of amides is 1. The predicted molar refractivity (Wildman–Crippen MR) is 88.8 cm³/mol. The van der Waals surface area contributed by atoms with Crippen LogP contribution in [0.15, 0.2) is 0 Å². The van der Waals surface area contributed by atoms with Gasteiger partial charge >= 0.3 is 25.4 Å². The number of hydrogen-bond acceptors (Lipinski definition) is 4. The van der Waals surface area contributed by atoms with Gasteiger partial charge in [0.1, 0.15) is 6.04 Å². The van der Waals surface area contributed by atoms with Gasteiger partial charge in [-0.1, -0.05) is 26.2 Å². The Morgan fingerprint density at radius 1 is 1.14 bits per heavy atom. The molecule has 0 bridgehead atoms. The molecule has 0 saturated carbocycles. The average molecular weight is 387 g/mol. The third kappa shape index (κ3) is 13.6. The van der Waals surface area contributed by atoms with Crippen LogP contribution in [-0.2, 0) is 29.1 Å². The van der Waals surface area contributed by atoms with Gasteiger partial charge in [0, 0.05) is 11.7 Å². The van der Waals surface area contributed by atoms with E-state index in [0.717, 1.165) is 44.3 Å². The van der Waals surface area contributed by atoms with Crippen molar-refractivity contribution in [2.75, 3.05) is 5.75 Å². The van der Waals surface area contributed by atoms with E-state index in [1.54, 1.807) is 0 Å².